The summed E-state index contributed by atoms with van der Waals surface area (Å²) >= 11 is 0. The molecule has 1 aromatic carbocycles. The van der Waals surface area contributed by atoms with Gasteiger partial charge in [-0.25, -0.2) is 0 Å². The molecule has 0 spiro atoms. The first-order valence-electron chi connectivity index (χ1n) is 5.30. The number of rotatable bonds is 1. The molecule has 1 aliphatic heterocycles. The van der Waals surface area contributed by atoms with E-state index >= 15 is 0 Å². The Hall–Kier alpha value is -1.02. The topological polar surface area (TPSA) is 24.1 Å². The third-order valence-corrected chi connectivity index (χ3v) is 3.17. The zero-order valence-corrected chi connectivity index (χ0v) is 8.93. The summed E-state index contributed by atoms with van der Waals surface area (Å²) in [5, 5.41) is 7.11. The normalized spacial score (nSPS) is 26.1. The second-order valence-electron chi connectivity index (χ2n) is 4.28. The maximum Gasteiger partial charge on any atom is 0.0386 e. The molecule has 1 heterocycles. The fourth-order valence-corrected chi connectivity index (χ4v) is 1.76. The molecule has 76 valence electrons. The number of nitrogens with one attached hydrogen (secondary N) is 2. The predicted octanol–water partition coefficient (Wildman–Crippen LogP) is 2.37. The van der Waals surface area contributed by atoms with E-state index in [1.54, 1.807) is 0 Å². The van der Waals surface area contributed by atoms with Gasteiger partial charge in [0.2, 0.25) is 0 Å². The van der Waals surface area contributed by atoms with E-state index in [1.807, 2.05) is 0 Å². The van der Waals surface area contributed by atoms with Gasteiger partial charge in [0.25, 0.3) is 0 Å². The van der Waals surface area contributed by atoms with Gasteiger partial charge in [-0.1, -0.05) is 25.1 Å². The van der Waals surface area contributed by atoms with E-state index in [4.69, 9.17) is 0 Å². The summed E-state index contributed by atoms with van der Waals surface area (Å²) < 4.78 is 0. The molecule has 14 heavy (non-hydrogen) atoms. The zero-order chi connectivity index (χ0) is 10.0. The van der Waals surface area contributed by atoms with E-state index in [-0.39, 0.29) is 5.54 Å². The van der Waals surface area contributed by atoms with E-state index < -0.39 is 0 Å². The summed E-state index contributed by atoms with van der Waals surface area (Å²) in [4.78, 5) is 0. The van der Waals surface area contributed by atoms with Gasteiger partial charge in [-0.05, 0) is 25.0 Å². The molecule has 1 aliphatic rings. The SMILES string of the molecule is CCC1(C)CNc2ccccc2CN1. The van der Waals surface area contributed by atoms with Crippen molar-refractivity contribution in [2.24, 2.45) is 0 Å². The van der Waals surface area contributed by atoms with Crippen molar-refractivity contribution in [2.45, 2.75) is 32.4 Å². The maximum atomic E-state index is 3.60. The molecule has 0 aliphatic carbocycles. The molecule has 0 amide bonds. The van der Waals surface area contributed by atoms with Crippen molar-refractivity contribution in [1.82, 2.24) is 5.32 Å². The molecular formula is C12H18N2. The highest BCUT2D eigenvalue weighted by Gasteiger charge is 2.24. The average molecular weight is 190 g/mol. The van der Waals surface area contributed by atoms with Crippen LogP contribution in [0.1, 0.15) is 25.8 Å². The van der Waals surface area contributed by atoms with Gasteiger partial charge in [-0.3, -0.25) is 0 Å². The molecule has 2 N–H and O–H groups in total. The van der Waals surface area contributed by atoms with Crippen molar-refractivity contribution >= 4 is 5.69 Å². The fourth-order valence-electron chi connectivity index (χ4n) is 1.76. The van der Waals surface area contributed by atoms with Gasteiger partial charge >= 0.3 is 0 Å². The summed E-state index contributed by atoms with van der Waals surface area (Å²) in [6, 6.07) is 8.51. The van der Waals surface area contributed by atoms with Crippen molar-refractivity contribution in [2.75, 3.05) is 11.9 Å². The number of anilines is 1. The van der Waals surface area contributed by atoms with Crippen LogP contribution < -0.4 is 10.6 Å². The van der Waals surface area contributed by atoms with Gasteiger partial charge < -0.3 is 10.6 Å². The number of para-hydroxylation sites is 1. The molecule has 0 bridgehead atoms. The Morgan fingerprint density at radius 2 is 2.14 bits per heavy atom. The van der Waals surface area contributed by atoms with E-state index in [1.165, 1.54) is 11.3 Å². The first-order valence-corrected chi connectivity index (χ1v) is 5.30. The van der Waals surface area contributed by atoms with Crippen LogP contribution in [0.2, 0.25) is 0 Å². The second kappa shape index (κ2) is 3.62. The minimum absolute atomic E-state index is 0.221. The summed E-state index contributed by atoms with van der Waals surface area (Å²) in [7, 11) is 0. The highest BCUT2D eigenvalue weighted by atomic mass is 15.1. The smallest absolute Gasteiger partial charge is 0.0386 e. The zero-order valence-electron chi connectivity index (χ0n) is 8.93. The van der Waals surface area contributed by atoms with Crippen LogP contribution in [0.25, 0.3) is 0 Å². The van der Waals surface area contributed by atoms with E-state index in [0.29, 0.717) is 0 Å². The van der Waals surface area contributed by atoms with Crippen LogP contribution in [-0.4, -0.2) is 12.1 Å². The van der Waals surface area contributed by atoms with Crippen LogP contribution >= 0.6 is 0 Å². The molecule has 1 aromatic rings. The maximum absolute atomic E-state index is 3.60. The van der Waals surface area contributed by atoms with Crippen LogP contribution in [0, 0.1) is 0 Å². The van der Waals surface area contributed by atoms with Crippen molar-refractivity contribution in [3.8, 4) is 0 Å². The number of benzene rings is 1. The van der Waals surface area contributed by atoms with Crippen LogP contribution in [0.3, 0.4) is 0 Å². The fraction of sp³-hybridized carbons (Fsp3) is 0.500. The molecule has 1 unspecified atom stereocenters. The molecule has 2 rings (SSSR count). The Bertz CT molecular complexity index is 293. The molecule has 2 heteroatoms. The third-order valence-electron chi connectivity index (χ3n) is 3.17. The largest absolute Gasteiger partial charge is 0.383 e. The van der Waals surface area contributed by atoms with Gasteiger partial charge in [0.15, 0.2) is 0 Å². The molecule has 0 saturated carbocycles. The quantitative estimate of drug-likeness (QED) is 0.710. The van der Waals surface area contributed by atoms with E-state index in [9.17, 15) is 0 Å². The molecular weight excluding hydrogens is 172 g/mol. The Morgan fingerprint density at radius 1 is 1.36 bits per heavy atom. The summed E-state index contributed by atoms with van der Waals surface area (Å²) in [6.45, 7) is 6.46. The van der Waals surface area contributed by atoms with Crippen molar-refractivity contribution in [3.05, 3.63) is 29.8 Å². The Kier molecular flexibility index (Phi) is 2.46. The van der Waals surface area contributed by atoms with Crippen LogP contribution in [-0.2, 0) is 6.54 Å². The summed E-state index contributed by atoms with van der Waals surface area (Å²) in [5.41, 5.74) is 2.86. The van der Waals surface area contributed by atoms with Gasteiger partial charge in [0.1, 0.15) is 0 Å². The molecule has 1 atom stereocenters. The Morgan fingerprint density at radius 3 is 2.93 bits per heavy atom. The van der Waals surface area contributed by atoms with Crippen LogP contribution in [0.4, 0.5) is 5.69 Å². The standard InChI is InChI=1S/C12H18N2/c1-3-12(2)9-13-11-7-5-4-6-10(11)8-14-12/h4-7,13-14H,3,8-9H2,1-2H3. The van der Waals surface area contributed by atoms with Crippen LogP contribution in [0.5, 0.6) is 0 Å². The van der Waals surface area contributed by atoms with Gasteiger partial charge in [0.05, 0.1) is 0 Å². The van der Waals surface area contributed by atoms with Crippen molar-refractivity contribution < 1.29 is 0 Å². The highest BCUT2D eigenvalue weighted by molar-refractivity contribution is 5.52. The summed E-state index contributed by atoms with van der Waals surface area (Å²) in [5.74, 6) is 0. The first kappa shape index (κ1) is 9.53. The van der Waals surface area contributed by atoms with Crippen LogP contribution in [0.15, 0.2) is 24.3 Å². The molecule has 0 saturated heterocycles. The van der Waals surface area contributed by atoms with E-state index in [2.05, 4.69) is 48.7 Å². The molecule has 0 radical (unpaired) electrons. The minimum atomic E-state index is 0.221. The lowest BCUT2D eigenvalue weighted by Gasteiger charge is -2.27. The Balaban J connectivity index is 2.22. The average Bonchev–Trinajstić information content (AvgIpc) is 2.40. The number of hydrogen-bond acceptors (Lipinski definition) is 2. The van der Waals surface area contributed by atoms with Crippen molar-refractivity contribution in [3.63, 3.8) is 0 Å². The monoisotopic (exact) mass is 190 g/mol. The van der Waals surface area contributed by atoms with Gasteiger partial charge in [-0.2, -0.15) is 0 Å². The van der Waals surface area contributed by atoms with E-state index in [0.717, 1.165) is 19.5 Å². The van der Waals surface area contributed by atoms with Crippen molar-refractivity contribution in [1.29, 1.82) is 0 Å². The molecule has 0 fully saturated rings. The van der Waals surface area contributed by atoms with Gasteiger partial charge in [-0.15, -0.1) is 0 Å². The molecule has 2 nitrogen and oxygen atoms in total. The number of fused-ring (bicyclic) bond motifs is 1. The lowest BCUT2D eigenvalue weighted by Crippen LogP contribution is -2.45. The molecule has 0 aromatic heterocycles. The highest BCUT2D eigenvalue weighted by Crippen LogP contribution is 2.21. The summed E-state index contributed by atoms with van der Waals surface area (Å²) in [6.07, 6.45) is 1.15. The lowest BCUT2D eigenvalue weighted by atomic mass is 9.99. The minimum Gasteiger partial charge on any atom is -0.383 e. The first-order chi connectivity index (χ1) is 6.73. The third kappa shape index (κ3) is 1.75. The predicted molar refractivity (Wildman–Crippen MR) is 60.5 cm³/mol. The lowest BCUT2D eigenvalue weighted by molar-refractivity contribution is 0.365. The number of hydrogen-bond donors (Lipinski definition) is 2. The van der Waals surface area contributed by atoms with Gasteiger partial charge in [0, 0.05) is 24.3 Å². The Labute approximate surface area is 85.7 Å². The second-order valence-corrected chi connectivity index (χ2v) is 4.28.